The molecule has 376 valence electrons. The van der Waals surface area contributed by atoms with Crippen molar-refractivity contribution in [3.8, 4) is 22.3 Å². The molecule has 3 nitrogen and oxygen atoms in total. The normalized spacial score (nSPS) is 19.8. The molecule has 0 aromatic heterocycles. The lowest BCUT2D eigenvalue weighted by Gasteiger charge is -2.47. The number of fused-ring (bicyclic) bond motifs is 8. The van der Waals surface area contributed by atoms with Gasteiger partial charge in [-0.25, -0.2) is 4.39 Å². The summed E-state index contributed by atoms with van der Waals surface area (Å²) in [5.74, 6) is -0.169. The summed E-state index contributed by atoms with van der Waals surface area (Å²) in [6, 6.07) is 60.4. The van der Waals surface area contributed by atoms with Crippen LogP contribution in [-0.2, 0) is 27.1 Å². The minimum absolute atomic E-state index is 0.0680. The van der Waals surface area contributed by atoms with Crippen LogP contribution >= 0.6 is 0 Å². The second-order valence-electron chi connectivity index (χ2n) is 26.8. The monoisotopic (exact) mass is 984 g/mol. The highest BCUT2D eigenvalue weighted by atomic mass is 19.1. The number of benzene rings is 8. The Morgan fingerprint density at radius 3 is 1.55 bits per heavy atom. The Morgan fingerprint density at radius 1 is 0.453 bits per heavy atom. The van der Waals surface area contributed by atoms with Crippen molar-refractivity contribution in [2.24, 2.45) is 0 Å². The summed E-state index contributed by atoms with van der Waals surface area (Å²) >= 11 is 0. The first kappa shape index (κ1) is 47.8. The molecule has 8 aromatic carbocycles. The van der Waals surface area contributed by atoms with Gasteiger partial charge < -0.3 is 14.7 Å². The molecule has 6 aliphatic rings. The summed E-state index contributed by atoms with van der Waals surface area (Å²) in [5, 5.41) is 0. The second kappa shape index (κ2) is 15.9. The molecule has 0 amide bonds. The van der Waals surface area contributed by atoms with Crippen LogP contribution in [0.1, 0.15) is 143 Å². The van der Waals surface area contributed by atoms with Crippen LogP contribution in [0.4, 0.5) is 49.9 Å². The van der Waals surface area contributed by atoms with Crippen LogP contribution in [0.2, 0.25) is 0 Å². The predicted octanol–water partition coefficient (Wildman–Crippen LogP) is 17.1. The largest absolute Gasteiger partial charge is 0.334 e. The minimum atomic E-state index is -0.307. The Morgan fingerprint density at radius 2 is 0.960 bits per heavy atom. The number of hydrogen-bond acceptors (Lipinski definition) is 3. The molecule has 14 rings (SSSR count). The van der Waals surface area contributed by atoms with Crippen molar-refractivity contribution in [3.05, 3.63) is 197 Å². The van der Waals surface area contributed by atoms with Crippen molar-refractivity contribution < 1.29 is 4.39 Å². The van der Waals surface area contributed by atoms with Crippen LogP contribution in [0.15, 0.2) is 158 Å². The van der Waals surface area contributed by atoms with Crippen molar-refractivity contribution in [2.75, 3.05) is 14.7 Å². The van der Waals surface area contributed by atoms with Gasteiger partial charge in [0.05, 0.1) is 16.9 Å². The van der Waals surface area contributed by atoms with Crippen LogP contribution in [0.3, 0.4) is 0 Å². The van der Waals surface area contributed by atoms with E-state index in [1.54, 1.807) is 6.07 Å². The first-order valence-corrected chi connectivity index (χ1v) is 27.6. The van der Waals surface area contributed by atoms with Gasteiger partial charge in [-0.3, -0.25) is 0 Å². The van der Waals surface area contributed by atoms with Crippen molar-refractivity contribution in [1.82, 2.24) is 0 Å². The van der Waals surface area contributed by atoms with Gasteiger partial charge in [-0.1, -0.05) is 181 Å². The molecule has 4 bridgehead atoms. The fourth-order valence-electron chi connectivity index (χ4n) is 14.1. The molecule has 2 unspecified atom stereocenters. The molecule has 0 spiro atoms. The van der Waals surface area contributed by atoms with Gasteiger partial charge in [0.1, 0.15) is 5.82 Å². The van der Waals surface area contributed by atoms with Gasteiger partial charge in [0.2, 0.25) is 0 Å². The number of hydrogen-bond donors (Lipinski definition) is 0. The van der Waals surface area contributed by atoms with Gasteiger partial charge in [0.25, 0.3) is 6.71 Å². The van der Waals surface area contributed by atoms with Crippen LogP contribution in [0.5, 0.6) is 0 Å². The maximum atomic E-state index is 15.7. The summed E-state index contributed by atoms with van der Waals surface area (Å²) < 4.78 is 15.7. The minimum Gasteiger partial charge on any atom is -0.334 e. The van der Waals surface area contributed by atoms with E-state index in [0.29, 0.717) is 0 Å². The maximum Gasteiger partial charge on any atom is 0.252 e. The lowest BCUT2D eigenvalue weighted by Crippen LogP contribution is -2.61. The van der Waals surface area contributed by atoms with E-state index < -0.39 is 0 Å². The van der Waals surface area contributed by atoms with Gasteiger partial charge >= 0.3 is 0 Å². The van der Waals surface area contributed by atoms with Crippen molar-refractivity contribution in [3.63, 3.8) is 0 Å². The molecule has 8 aromatic rings. The molecule has 0 radical (unpaired) electrons. The number of nitrogens with zero attached hydrogens (tertiary/aromatic N) is 3. The zero-order valence-electron chi connectivity index (χ0n) is 46.4. The SMILES string of the molecule is CC(C)(C)c1ccc(N2c3cc(C(C)(C)C)ccc3B3c4ccc5cc4N(c4ccc(C(C)(C)C)cc4-c4ccc(cc4)C5(C)C)c4cc(N5c6ccc(F)cc6C6(C)CCCC56C)cc2c43)c(-c2ccccc2)c1. The lowest BCUT2D eigenvalue weighted by atomic mass is 9.33. The first-order chi connectivity index (χ1) is 35.5. The average molecular weight is 984 g/mol. The van der Waals surface area contributed by atoms with Crippen molar-refractivity contribution >= 4 is 68.6 Å². The smallest absolute Gasteiger partial charge is 0.252 e. The van der Waals surface area contributed by atoms with E-state index in [1.165, 1.54) is 89.2 Å². The molecule has 0 saturated heterocycles. The molecule has 1 saturated carbocycles. The van der Waals surface area contributed by atoms with E-state index in [1.807, 2.05) is 6.07 Å². The lowest BCUT2D eigenvalue weighted by molar-refractivity contribution is 0.330. The van der Waals surface area contributed by atoms with Crippen LogP contribution < -0.4 is 31.1 Å². The van der Waals surface area contributed by atoms with E-state index in [9.17, 15) is 0 Å². The third-order valence-electron chi connectivity index (χ3n) is 18.9. The van der Waals surface area contributed by atoms with Crippen molar-refractivity contribution in [2.45, 2.75) is 142 Å². The molecule has 5 aliphatic heterocycles. The zero-order valence-corrected chi connectivity index (χ0v) is 46.4. The Balaban J connectivity index is 1.21. The average Bonchev–Trinajstić information content (AvgIpc) is 3.91. The predicted molar refractivity (Wildman–Crippen MR) is 318 cm³/mol. The Bertz CT molecular complexity index is 3680. The van der Waals surface area contributed by atoms with Crippen LogP contribution in [0.25, 0.3) is 22.3 Å². The molecule has 1 fully saturated rings. The second-order valence-corrected chi connectivity index (χ2v) is 26.8. The quantitative estimate of drug-likeness (QED) is 0.163. The number of anilines is 8. The number of halogens is 1. The van der Waals surface area contributed by atoms with Crippen LogP contribution in [0, 0.1) is 5.82 Å². The summed E-state index contributed by atoms with van der Waals surface area (Å²) in [7, 11) is 0. The highest BCUT2D eigenvalue weighted by molar-refractivity contribution is 7.00. The van der Waals surface area contributed by atoms with Gasteiger partial charge in [-0.05, 0) is 164 Å². The first-order valence-electron chi connectivity index (χ1n) is 27.6. The van der Waals surface area contributed by atoms with Gasteiger partial charge in [0.15, 0.2) is 0 Å². The molecule has 1 aliphatic carbocycles. The van der Waals surface area contributed by atoms with E-state index in [0.717, 1.165) is 47.6 Å². The van der Waals surface area contributed by atoms with Gasteiger partial charge in [-0.2, -0.15) is 0 Å². The van der Waals surface area contributed by atoms with Crippen molar-refractivity contribution in [1.29, 1.82) is 0 Å². The summed E-state index contributed by atoms with van der Waals surface area (Å²) in [5.41, 5.74) is 24.5. The summed E-state index contributed by atoms with van der Waals surface area (Å²) in [6.45, 7) is 30.5. The summed E-state index contributed by atoms with van der Waals surface area (Å²) in [6.07, 6.45) is 3.09. The Labute approximate surface area is 446 Å². The third-order valence-corrected chi connectivity index (χ3v) is 18.9. The van der Waals surface area contributed by atoms with E-state index in [-0.39, 0.29) is 45.1 Å². The fraction of sp³-hybridized carbons (Fsp3) is 0.314. The molecule has 5 heterocycles. The van der Waals surface area contributed by atoms with E-state index in [4.69, 9.17) is 0 Å². The van der Waals surface area contributed by atoms with Crippen LogP contribution in [-0.4, -0.2) is 12.3 Å². The summed E-state index contributed by atoms with van der Waals surface area (Å²) in [4.78, 5) is 7.94. The fourth-order valence-corrected chi connectivity index (χ4v) is 14.1. The Hall–Kier alpha value is -6.85. The molecule has 5 heteroatoms. The molecular weight excluding hydrogens is 913 g/mol. The zero-order chi connectivity index (χ0) is 52.5. The molecule has 0 N–H and O–H groups in total. The van der Waals surface area contributed by atoms with Gasteiger partial charge in [-0.15, -0.1) is 0 Å². The Kier molecular flexibility index (Phi) is 10.1. The maximum absolute atomic E-state index is 15.7. The molecule has 75 heavy (non-hydrogen) atoms. The standard InChI is InChI=1S/C70H71BFN3/c1-65(2,3)46-26-31-57(52(36-46)43-18-15-14-16-19-43)73-60-38-48(67(7,8)9)24-29-55(60)71-56-30-25-49-39-61(56)74(58-32-27-47(66(4,5)6)37-53(58)44-20-22-45(23-21-44)68(49,10)11)63-42-51(41-62(73)64(63)71)75-59-33-28-50(72)40-54(59)69(12)34-17-35-70(69,75)13/h14-16,18-33,36-42H,17,34-35H2,1-13H3. The van der Waals surface area contributed by atoms with E-state index in [2.05, 4.69) is 250 Å². The highest BCUT2D eigenvalue weighted by Gasteiger charge is 2.60. The molecule has 2 atom stereocenters. The number of rotatable bonds is 3. The van der Waals surface area contributed by atoms with E-state index >= 15 is 4.39 Å². The van der Waals surface area contributed by atoms with Gasteiger partial charge in [0, 0.05) is 56.1 Å². The molecular formula is C70H71BFN3. The third kappa shape index (κ3) is 6.91. The highest BCUT2D eigenvalue weighted by Crippen LogP contribution is 2.63. The topological polar surface area (TPSA) is 9.72 Å².